The van der Waals surface area contributed by atoms with Crippen LogP contribution in [-0.2, 0) is 6.54 Å². The minimum absolute atomic E-state index is 0. The molecule has 5 aromatic rings. The van der Waals surface area contributed by atoms with Crippen LogP contribution in [0.15, 0.2) is 84.9 Å². The van der Waals surface area contributed by atoms with E-state index in [1.54, 1.807) is 0 Å². The number of nitrogen functional groups attached to an aromatic ring is 1. The fourth-order valence-electron chi connectivity index (χ4n) is 3.67. The first-order chi connectivity index (χ1) is 12.3. The van der Waals surface area contributed by atoms with Crippen LogP contribution in [0.2, 0.25) is 0 Å². The maximum Gasteiger partial charge on any atom is 0.287 e. The predicted molar refractivity (Wildman–Crippen MR) is 103 cm³/mol. The third-order valence-electron chi connectivity index (χ3n) is 4.81. The van der Waals surface area contributed by atoms with Crippen molar-refractivity contribution in [3.05, 3.63) is 90.5 Å². The quantitative estimate of drug-likeness (QED) is 0.373. The van der Waals surface area contributed by atoms with E-state index >= 15 is 0 Å². The first-order valence-electron chi connectivity index (χ1n) is 8.46. The summed E-state index contributed by atoms with van der Waals surface area (Å²) < 4.78 is 4.70. The van der Waals surface area contributed by atoms with Gasteiger partial charge in [-0.15, -0.1) is 0 Å². The SMILES string of the molecule is Nc1ccc2c(ccc3n(Cc4ccccc4)c4ccccc4[n+]23)c1.[Cl-]. The number of fused-ring (bicyclic) bond motifs is 5. The zero-order valence-corrected chi connectivity index (χ0v) is 14.9. The Labute approximate surface area is 157 Å². The molecular formula is C22H18ClN3. The monoisotopic (exact) mass is 359 g/mol. The summed E-state index contributed by atoms with van der Waals surface area (Å²) >= 11 is 0. The summed E-state index contributed by atoms with van der Waals surface area (Å²) in [5.74, 6) is 0. The van der Waals surface area contributed by atoms with Gasteiger partial charge in [0.1, 0.15) is 12.1 Å². The normalized spacial score (nSPS) is 11.1. The lowest BCUT2D eigenvalue weighted by Crippen LogP contribution is -3.00. The lowest BCUT2D eigenvalue weighted by molar-refractivity contribution is -0.450. The largest absolute Gasteiger partial charge is 1.00 e. The number of rotatable bonds is 2. The van der Waals surface area contributed by atoms with Crippen LogP contribution in [0.5, 0.6) is 0 Å². The summed E-state index contributed by atoms with van der Waals surface area (Å²) in [6, 6.07) is 29.6. The van der Waals surface area contributed by atoms with Gasteiger partial charge in [0.25, 0.3) is 5.65 Å². The van der Waals surface area contributed by atoms with E-state index in [0.29, 0.717) is 0 Å². The van der Waals surface area contributed by atoms with Crippen LogP contribution in [0, 0.1) is 0 Å². The van der Waals surface area contributed by atoms with Crippen LogP contribution >= 0.6 is 0 Å². The highest BCUT2D eigenvalue weighted by Gasteiger charge is 2.20. The first-order valence-corrected chi connectivity index (χ1v) is 8.46. The lowest BCUT2D eigenvalue weighted by atomic mass is 10.2. The van der Waals surface area contributed by atoms with Gasteiger partial charge < -0.3 is 18.1 Å². The summed E-state index contributed by atoms with van der Waals surface area (Å²) in [7, 11) is 0. The zero-order valence-electron chi connectivity index (χ0n) is 14.1. The number of halogens is 1. The number of nitrogens with two attached hydrogens (primary N) is 1. The smallest absolute Gasteiger partial charge is 0.287 e. The average Bonchev–Trinajstić information content (AvgIpc) is 2.97. The summed E-state index contributed by atoms with van der Waals surface area (Å²) in [5, 5.41) is 1.15. The Morgan fingerprint density at radius 3 is 2.38 bits per heavy atom. The summed E-state index contributed by atoms with van der Waals surface area (Å²) in [4.78, 5) is 0. The molecule has 128 valence electrons. The molecule has 0 bridgehead atoms. The fourth-order valence-corrected chi connectivity index (χ4v) is 3.67. The van der Waals surface area contributed by atoms with Gasteiger partial charge in [-0.05, 0) is 42.0 Å². The Morgan fingerprint density at radius 1 is 0.769 bits per heavy atom. The Morgan fingerprint density at radius 2 is 1.54 bits per heavy atom. The third kappa shape index (κ3) is 2.49. The number of nitrogens with zero attached hydrogens (tertiary/aromatic N) is 2. The molecule has 2 aromatic heterocycles. The van der Waals surface area contributed by atoms with Gasteiger partial charge in [0, 0.05) is 17.1 Å². The number of para-hydroxylation sites is 2. The molecule has 2 heterocycles. The van der Waals surface area contributed by atoms with E-state index in [2.05, 4.69) is 81.8 Å². The van der Waals surface area contributed by atoms with E-state index < -0.39 is 0 Å². The van der Waals surface area contributed by atoms with Crippen molar-refractivity contribution < 1.29 is 16.8 Å². The number of imidazole rings is 1. The summed E-state index contributed by atoms with van der Waals surface area (Å²) in [5.41, 5.74) is 12.9. The van der Waals surface area contributed by atoms with Gasteiger partial charge in [-0.25, -0.2) is 4.57 Å². The van der Waals surface area contributed by atoms with Crippen molar-refractivity contribution in [1.82, 2.24) is 4.57 Å². The van der Waals surface area contributed by atoms with Gasteiger partial charge >= 0.3 is 0 Å². The molecule has 3 aromatic carbocycles. The number of aromatic nitrogens is 2. The lowest BCUT2D eigenvalue weighted by Gasteiger charge is -2.01. The molecule has 0 fully saturated rings. The Balaban J connectivity index is 0.00000168. The van der Waals surface area contributed by atoms with Crippen LogP contribution in [-0.4, -0.2) is 4.57 Å². The third-order valence-corrected chi connectivity index (χ3v) is 4.81. The molecule has 3 nitrogen and oxygen atoms in total. The number of benzene rings is 3. The van der Waals surface area contributed by atoms with Crippen LogP contribution in [0.3, 0.4) is 0 Å². The van der Waals surface area contributed by atoms with E-state index in [0.717, 1.165) is 17.6 Å². The molecular weight excluding hydrogens is 342 g/mol. The molecule has 4 heteroatoms. The number of hydrogen-bond donors (Lipinski definition) is 1. The van der Waals surface area contributed by atoms with Crippen molar-refractivity contribution in [2.75, 3.05) is 5.73 Å². The van der Waals surface area contributed by atoms with Crippen LogP contribution in [0.4, 0.5) is 5.69 Å². The molecule has 0 atom stereocenters. The Hall–Kier alpha value is -3.04. The van der Waals surface area contributed by atoms with E-state index in [1.165, 1.54) is 27.8 Å². The van der Waals surface area contributed by atoms with Crippen molar-refractivity contribution in [2.45, 2.75) is 6.54 Å². The molecule has 0 unspecified atom stereocenters. The van der Waals surface area contributed by atoms with Crippen molar-refractivity contribution in [2.24, 2.45) is 0 Å². The maximum atomic E-state index is 5.97. The molecule has 0 saturated carbocycles. The standard InChI is InChI=1S/C22H18N3.ClH/c23-18-11-12-19-17(14-18)10-13-22-24(15-16-6-2-1-3-7-16)20-8-4-5-9-21(20)25(19)22;/h1-14H,15,23H2;1H/q+1;/p-1. The second-order valence-electron chi connectivity index (χ2n) is 6.41. The fraction of sp³-hybridized carbons (Fsp3) is 0.0455. The Bertz CT molecular complexity index is 1230. The van der Waals surface area contributed by atoms with Gasteiger partial charge in [0.05, 0.1) is 0 Å². The second kappa shape index (κ2) is 6.36. The molecule has 0 aliphatic rings. The highest BCUT2D eigenvalue weighted by Crippen LogP contribution is 2.22. The van der Waals surface area contributed by atoms with Crippen molar-refractivity contribution in [3.63, 3.8) is 0 Å². The Kier molecular flexibility index (Phi) is 4.02. The van der Waals surface area contributed by atoms with Crippen LogP contribution < -0.4 is 22.5 Å². The van der Waals surface area contributed by atoms with Gasteiger partial charge in [-0.3, -0.25) is 0 Å². The van der Waals surface area contributed by atoms with Crippen molar-refractivity contribution >= 4 is 33.3 Å². The van der Waals surface area contributed by atoms with Gasteiger partial charge in [-0.2, -0.15) is 4.40 Å². The number of pyridine rings is 1. The topological polar surface area (TPSA) is 35.0 Å². The molecule has 0 amide bonds. The molecule has 0 radical (unpaired) electrons. The predicted octanol–water partition coefficient (Wildman–Crippen LogP) is 1.17. The first kappa shape index (κ1) is 16.4. The molecule has 0 aliphatic heterocycles. The summed E-state index contributed by atoms with van der Waals surface area (Å²) in [6.07, 6.45) is 0. The minimum atomic E-state index is 0. The van der Waals surface area contributed by atoms with Gasteiger partial charge in [0.15, 0.2) is 11.0 Å². The van der Waals surface area contributed by atoms with E-state index in [1.807, 2.05) is 12.1 Å². The molecule has 5 rings (SSSR count). The van der Waals surface area contributed by atoms with Crippen LogP contribution in [0.25, 0.3) is 27.6 Å². The highest BCUT2D eigenvalue weighted by molar-refractivity contribution is 5.84. The van der Waals surface area contributed by atoms with Crippen molar-refractivity contribution in [1.29, 1.82) is 0 Å². The minimum Gasteiger partial charge on any atom is -1.00 e. The zero-order chi connectivity index (χ0) is 16.8. The molecule has 0 spiro atoms. The van der Waals surface area contributed by atoms with Gasteiger partial charge in [0.2, 0.25) is 0 Å². The van der Waals surface area contributed by atoms with E-state index in [4.69, 9.17) is 5.73 Å². The number of anilines is 1. The maximum absolute atomic E-state index is 5.97. The molecule has 0 aliphatic carbocycles. The van der Waals surface area contributed by atoms with E-state index in [9.17, 15) is 0 Å². The van der Waals surface area contributed by atoms with E-state index in [-0.39, 0.29) is 12.4 Å². The number of hydrogen-bond acceptors (Lipinski definition) is 1. The second-order valence-corrected chi connectivity index (χ2v) is 6.41. The van der Waals surface area contributed by atoms with Gasteiger partial charge in [-0.1, -0.05) is 42.5 Å². The molecule has 2 N–H and O–H groups in total. The van der Waals surface area contributed by atoms with Crippen LogP contribution in [0.1, 0.15) is 5.56 Å². The summed E-state index contributed by atoms with van der Waals surface area (Å²) in [6.45, 7) is 0.846. The average molecular weight is 360 g/mol. The molecule has 26 heavy (non-hydrogen) atoms. The molecule has 0 saturated heterocycles. The highest BCUT2D eigenvalue weighted by atomic mass is 35.5. The van der Waals surface area contributed by atoms with Crippen molar-refractivity contribution in [3.8, 4) is 0 Å².